The Kier molecular flexibility index (Phi) is 3.76. The Morgan fingerprint density at radius 1 is 1.33 bits per heavy atom. The van der Waals surface area contributed by atoms with Gasteiger partial charge in [0.15, 0.2) is 0 Å². The number of methoxy groups -OCH3 is 1. The van der Waals surface area contributed by atoms with Gasteiger partial charge >= 0.3 is 0 Å². The molecule has 2 heteroatoms. The van der Waals surface area contributed by atoms with Gasteiger partial charge in [-0.05, 0) is 29.7 Å². The largest absolute Gasteiger partial charge is 0.380 e. The normalized spacial score (nSPS) is 10.2. The molecular formula is C10H13BrO. The average Bonchev–Trinajstić information content (AvgIpc) is 2.08. The van der Waals surface area contributed by atoms with Gasteiger partial charge < -0.3 is 4.74 Å². The van der Waals surface area contributed by atoms with Crippen molar-refractivity contribution in [1.29, 1.82) is 0 Å². The van der Waals surface area contributed by atoms with Crippen LogP contribution in [0.15, 0.2) is 22.7 Å². The zero-order valence-electron chi connectivity index (χ0n) is 7.43. The summed E-state index contributed by atoms with van der Waals surface area (Å²) < 4.78 is 6.23. The molecule has 0 spiro atoms. The molecule has 1 aromatic carbocycles. The number of ether oxygens (including phenoxy) is 1. The molecule has 0 unspecified atom stereocenters. The molecule has 0 radical (unpaired) electrons. The lowest BCUT2D eigenvalue weighted by molar-refractivity contribution is 0.184. The van der Waals surface area contributed by atoms with Crippen LogP contribution in [0.3, 0.4) is 0 Å². The van der Waals surface area contributed by atoms with Gasteiger partial charge in [-0.25, -0.2) is 0 Å². The van der Waals surface area contributed by atoms with E-state index < -0.39 is 0 Å². The molecule has 0 atom stereocenters. The highest BCUT2D eigenvalue weighted by Gasteiger charge is 1.99. The van der Waals surface area contributed by atoms with E-state index >= 15 is 0 Å². The SMILES string of the molecule is CCc1cc(Br)ccc1COC. The van der Waals surface area contributed by atoms with Gasteiger partial charge in [0.2, 0.25) is 0 Å². The minimum absolute atomic E-state index is 0.705. The molecule has 0 heterocycles. The van der Waals surface area contributed by atoms with Crippen LogP contribution in [0, 0.1) is 0 Å². The molecule has 1 rings (SSSR count). The van der Waals surface area contributed by atoms with Crippen LogP contribution in [-0.2, 0) is 17.8 Å². The second kappa shape index (κ2) is 4.63. The summed E-state index contributed by atoms with van der Waals surface area (Å²) in [4.78, 5) is 0. The quantitative estimate of drug-likeness (QED) is 0.773. The predicted octanol–water partition coefficient (Wildman–Crippen LogP) is 3.16. The third kappa shape index (κ3) is 2.32. The van der Waals surface area contributed by atoms with Gasteiger partial charge in [0.25, 0.3) is 0 Å². The first-order valence-electron chi connectivity index (χ1n) is 4.04. The highest BCUT2D eigenvalue weighted by Crippen LogP contribution is 2.17. The van der Waals surface area contributed by atoms with Crippen LogP contribution in [0.1, 0.15) is 18.1 Å². The van der Waals surface area contributed by atoms with E-state index in [-0.39, 0.29) is 0 Å². The maximum absolute atomic E-state index is 5.09. The zero-order valence-corrected chi connectivity index (χ0v) is 9.02. The van der Waals surface area contributed by atoms with Gasteiger partial charge in [-0.1, -0.05) is 28.9 Å². The van der Waals surface area contributed by atoms with E-state index in [1.165, 1.54) is 11.1 Å². The predicted molar refractivity (Wildman–Crippen MR) is 54.2 cm³/mol. The van der Waals surface area contributed by atoms with Crippen molar-refractivity contribution in [3.05, 3.63) is 33.8 Å². The van der Waals surface area contributed by atoms with Gasteiger partial charge in [0.1, 0.15) is 0 Å². The second-order valence-electron chi connectivity index (χ2n) is 2.70. The lowest BCUT2D eigenvalue weighted by Gasteiger charge is -2.06. The summed E-state index contributed by atoms with van der Waals surface area (Å²) in [5, 5.41) is 0. The summed E-state index contributed by atoms with van der Waals surface area (Å²) in [6, 6.07) is 6.30. The zero-order chi connectivity index (χ0) is 8.97. The van der Waals surface area contributed by atoms with E-state index in [2.05, 4.69) is 35.0 Å². The Morgan fingerprint density at radius 3 is 2.67 bits per heavy atom. The molecule has 12 heavy (non-hydrogen) atoms. The van der Waals surface area contributed by atoms with Crippen molar-refractivity contribution in [2.75, 3.05) is 7.11 Å². The van der Waals surface area contributed by atoms with Crippen molar-refractivity contribution < 1.29 is 4.74 Å². The Bertz CT molecular complexity index is 258. The summed E-state index contributed by atoms with van der Waals surface area (Å²) in [6.45, 7) is 2.86. The summed E-state index contributed by atoms with van der Waals surface area (Å²) in [5.74, 6) is 0. The Hall–Kier alpha value is -0.340. The topological polar surface area (TPSA) is 9.23 Å². The highest BCUT2D eigenvalue weighted by atomic mass is 79.9. The third-order valence-electron chi connectivity index (χ3n) is 1.85. The fraction of sp³-hybridized carbons (Fsp3) is 0.400. The Labute approximate surface area is 81.9 Å². The van der Waals surface area contributed by atoms with Crippen molar-refractivity contribution in [2.45, 2.75) is 20.0 Å². The van der Waals surface area contributed by atoms with Gasteiger partial charge in [-0.15, -0.1) is 0 Å². The fourth-order valence-electron chi connectivity index (χ4n) is 1.22. The monoisotopic (exact) mass is 228 g/mol. The van der Waals surface area contributed by atoms with Crippen LogP contribution in [0.25, 0.3) is 0 Å². The van der Waals surface area contributed by atoms with Crippen LogP contribution in [0.4, 0.5) is 0 Å². The van der Waals surface area contributed by atoms with Crippen molar-refractivity contribution in [2.24, 2.45) is 0 Å². The Balaban J connectivity index is 2.94. The number of hydrogen-bond acceptors (Lipinski definition) is 1. The molecule has 0 aliphatic rings. The van der Waals surface area contributed by atoms with Crippen molar-refractivity contribution in [3.63, 3.8) is 0 Å². The van der Waals surface area contributed by atoms with Gasteiger partial charge in [0.05, 0.1) is 6.61 Å². The lowest BCUT2D eigenvalue weighted by Crippen LogP contribution is -1.94. The van der Waals surface area contributed by atoms with E-state index in [1.807, 2.05) is 6.07 Å². The van der Waals surface area contributed by atoms with Crippen LogP contribution in [0.2, 0.25) is 0 Å². The first-order valence-corrected chi connectivity index (χ1v) is 4.83. The molecule has 0 bridgehead atoms. The molecule has 0 aromatic heterocycles. The van der Waals surface area contributed by atoms with E-state index in [0.717, 1.165) is 10.9 Å². The van der Waals surface area contributed by atoms with Crippen LogP contribution in [-0.4, -0.2) is 7.11 Å². The van der Waals surface area contributed by atoms with E-state index in [4.69, 9.17) is 4.74 Å². The molecule has 1 nitrogen and oxygen atoms in total. The summed E-state index contributed by atoms with van der Waals surface area (Å²) in [7, 11) is 1.72. The second-order valence-corrected chi connectivity index (χ2v) is 3.62. The number of aryl methyl sites for hydroxylation is 1. The maximum Gasteiger partial charge on any atom is 0.0715 e. The number of hydrogen-bond donors (Lipinski definition) is 0. The van der Waals surface area contributed by atoms with Gasteiger partial charge in [-0.3, -0.25) is 0 Å². The van der Waals surface area contributed by atoms with Crippen LogP contribution >= 0.6 is 15.9 Å². The standard InChI is InChI=1S/C10H13BrO/c1-3-8-6-10(11)5-4-9(8)7-12-2/h4-6H,3,7H2,1-2H3. The van der Waals surface area contributed by atoms with E-state index in [1.54, 1.807) is 7.11 Å². The van der Waals surface area contributed by atoms with Gasteiger partial charge in [-0.2, -0.15) is 0 Å². The van der Waals surface area contributed by atoms with E-state index in [0.29, 0.717) is 6.61 Å². The molecule has 0 fully saturated rings. The molecule has 0 N–H and O–H groups in total. The molecule has 0 aliphatic heterocycles. The molecule has 0 aliphatic carbocycles. The van der Waals surface area contributed by atoms with Crippen molar-refractivity contribution in [1.82, 2.24) is 0 Å². The third-order valence-corrected chi connectivity index (χ3v) is 2.34. The number of halogens is 1. The summed E-state index contributed by atoms with van der Waals surface area (Å²) >= 11 is 3.45. The van der Waals surface area contributed by atoms with Crippen LogP contribution in [0.5, 0.6) is 0 Å². The molecule has 0 amide bonds. The summed E-state index contributed by atoms with van der Waals surface area (Å²) in [6.07, 6.45) is 1.05. The van der Waals surface area contributed by atoms with Crippen LogP contribution < -0.4 is 0 Å². The fourth-order valence-corrected chi connectivity index (χ4v) is 1.63. The molecule has 0 saturated carbocycles. The minimum atomic E-state index is 0.705. The Morgan fingerprint density at radius 2 is 2.08 bits per heavy atom. The molecule has 0 saturated heterocycles. The maximum atomic E-state index is 5.09. The number of benzene rings is 1. The highest BCUT2D eigenvalue weighted by molar-refractivity contribution is 9.10. The first-order chi connectivity index (χ1) is 5.77. The molecule has 1 aromatic rings. The van der Waals surface area contributed by atoms with Crippen molar-refractivity contribution in [3.8, 4) is 0 Å². The summed E-state index contributed by atoms with van der Waals surface area (Å²) in [5.41, 5.74) is 2.63. The smallest absolute Gasteiger partial charge is 0.0715 e. The number of rotatable bonds is 3. The van der Waals surface area contributed by atoms with Gasteiger partial charge in [0, 0.05) is 11.6 Å². The minimum Gasteiger partial charge on any atom is -0.380 e. The first kappa shape index (κ1) is 9.75. The van der Waals surface area contributed by atoms with Crippen molar-refractivity contribution >= 4 is 15.9 Å². The molecule has 66 valence electrons. The molecular weight excluding hydrogens is 216 g/mol. The average molecular weight is 229 g/mol. The lowest BCUT2D eigenvalue weighted by atomic mass is 10.1. The van der Waals surface area contributed by atoms with E-state index in [9.17, 15) is 0 Å².